The van der Waals surface area contributed by atoms with Crippen LogP contribution in [0.15, 0.2) is 41.3 Å². The smallest absolute Gasteiger partial charge is 0.335 e. The van der Waals surface area contributed by atoms with Crippen molar-refractivity contribution in [3.05, 3.63) is 42.0 Å². The Hall–Kier alpha value is -2.87. The maximum atomic E-state index is 12.3. The number of carbonyl (C=O) groups excluding carboxylic acids is 1. The lowest BCUT2D eigenvalue weighted by molar-refractivity contribution is -0.113. The van der Waals surface area contributed by atoms with E-state index in [1.807, 2.05) is 31.2 Å². The number of amides is 1. The predicted octanol–water partition coefficient (Wildman–Crippen LogP) is 3.53. The maximum absolute atomic E-state index is 12.3. The average molecular weight is 391 g/mol. The van der Waals surface area contributed by atoms with Gasteiger partial charge in [-0.15, -0.1) is 11.8 Å². The lowest BCUT2D eigenvalue weighted by Crippen LogP contribution is -2.15. The fraction of sp³-hybridized carbons (Fsp3) is 0.263. The molecule has 0 aromatic heterocycles. The average Bonchev–Trinajstić information content (AvgIpc) is 2.67. The van der Waals surface area contributed by atoms with Gasteiger partial charge in [0.25, 0.3) is 0 Å². The van der Waals surface area contributed by atoms with Crippen molar-refractivity contribution in [2.75, 3.05) is 31.9 Å². The fourth-order valence-electron chi connectivity index (χ4n) is 2.31. The number of ether oxygens (including phenoxy) is 3. The van der Waals surface area contributed by atoms with Gasteiger partial charge in [-0.05, 0) is 43.3 Å². The molecular weight excluding hydrogens is 370 g/mol. The number of hydrogen-bond acceptors (Lipinski definition) is 6. The van der Waals surface area contributed by atoms with E-state index in [1.165, 1.54) is 38.1 Å². The number of aromatic carboxylic acids is 1. The zero-order valence-electron chi connectivity index (χ0n) is 15.3. The van der Waals surface area contributed by atoms with Crippen LogP contribution in [0.25, 0.3) is 0 Å². The third-order valence-corrected chi connectivity index (χ3v) is 4.52. The molecule has 0 unspecified atom stereocenters. The molecule has 0 atom stereocenters. The number of thioether (sulfide) groups is 1. The third kappa shape index (κ3) is 5.55. The molecular formula is C19H21NO6S. The molecule has 2 aromatic rings. The quantitative estimate of drug-likeness (QED) is 0.632. The summed E-state index contributed by atoms with van der Waals surface area (Å²) in [6, 6.07) is 10.1. The van der Waals surface area contributed by atoms with Gasteiger partial charge in [-0.25, -0.2) is 4.79 Å². The molecule has 144 valence electrons. The number of hydrogen-bond donors (Lipinski definition) is 2. The number of rotatable bonds is 9. The van der Waals surface area contributed by atoms with Gasteiger partial charge in [-0.1, -0.05) is 0 Å². The first-order valence-electron chi connectivity index (χ1n) is 8.13. The van der Waals surface area contributed by atoms with E-state index in [4.69, 9.17) is 14.2 Å². The molecule has 0 spiro atoms. The van der Waals surface area contributed by atoms with Crippen LogP contribution in [-0.4, -0.2) is 43.6 Å². The summed E-state index contributed by atoms with van der Waals surface area (Å²) in [6.45, 7) is 2.51. The molecule has 7 nitrogen and oxygen atoms in total. The lowest BCUT2D eigenvalue weighted by Gasteiger charge is -2.14. The van der Waals surface area contributed by atoms with E-state index in [1.54, 1.807) is 0 Å². The molecule has 8 heteroatoms. The number of carboxylic acids is 1. The van der Waals surface area contributed by atoms with Gasteiger partial charge in [0.15, 0.2) is 11.5 Å². The van der Waals surface area contributed by atoms with E-state index in [9.17, 15) is 14.7 Å². The van der Waals surface area contributed by atoms with Crippen LogP contribution in [0.5, 0.6) is 17.2 Å². The van der Waals surface area contributed by atoms with Gasteiger partial charge >= 0.3 is 5.97 Å². The van der Waals surface area contributed by atoms with Gasteiger partial charge in [0.05, 0.1) is 37.8 Å². The molecule has 0 saturated carbocycles. The van der Waals surface area contributed by atoms with Crippen LogP contribution < -0.4 is 19.5 Å². The second-order valence-corrected chi connectivity index (χ2v) is 6.35. The molecule has 2 aromatic carbocycles. The van der Waals surface area contributed by atoms with Crippen LogP contribution in [0.3, 0.4) is 0 Å². The Balaban J connectivity index is 2.08. The van der Waals surface area contributed by atoms with E-state index in [0.717, 1.165) is 10.6 Å². The van der Waals surface area contributed by atoms with E-state index < -0.39 is 5.97 Å². The summed E-state index contributed by atoms with van der Waals surface area (Å²) in [7, 11) is 2.82. The standard InChI is InChI=1S/C19H21NO6S/c1-4-26-13-5-7-14(8-6-13)27-11-17(21)20-15-9-12(19(22)23)10-16(24-2)18(15)25-3/h5-10H,4,11H2,1-3H3,(H,20,21)(H,22,23). The summed E-state index contributed by atoms with van der Waals surface area (Å²) in [5, 5.41) is 11.9. The molecule has 0 aliphatic carbocycles. The number of carbonyl (C=O) groups is 2. The van der Waals surface area contributed by atoms with Gasteiger partial charge < -0.3 is 24.6 Å². The van der Waals surface area contributed by atoms with Crippen LogP contribution in [0.4, 0.5) is 5.69 Å². The normalized spacial score (nSPS) is 10.2. The minimum atomic E-state index is -1.13. The number of benzene rings is 2. The van der Waals surface area contributed by atoms with Crippen molar-refractivity contribution in [3.63, 3.8) is 0 Å². The molecule has 0 radical (unpaired) electrons. The summed E-state index contributed by atoms with van der Waals surface area (Å²) >= 11 is 1.35. The van der Waals surface area contributed by atoms with E-state index in [-0.39, 0.29) is 34.4 Å². The van der Waals surface area contributed by atoms with Crippen molar-refractivity contribution in [3.8, 4) is 17.2 Å². The SMILES string of the molecule is CCOc1ccc(SCC(=O)Nc2cc(C(=O)O)cc(OC)c2OC)cc1. The van der Waals surface area contributed by atoms with Crippen molar-refractivity contribution >= 4 is 29.3 Å². The third-order valence-electron chi connectivity index (χ3n) is 3.50. The molecule has 1 amide bonds. The van der Waals surface area contributed by atoms with Crippen LogP contribution in [0.2, 0.25) is 0 Å². The second kappa shape index (κ2) is 9.72. The maximum Gasteiger partial charge on any atom is 0.335 e. The molecule has 0 saturated heterocycles. The summed E-state index contributed by atoms with van der Waals surface area (Å²) in [5.74, 6) is -0.00842. The van der Waals surface area contributed by atoms with E-state index >= 15 is 0 Å². The van der Waals surface area contributed by atoms with Crippen LogP contribution >= 0.6 is 11.8 Å². The number of methoxy groups -OCH3 is 2. The predicted molar refractivity (Wildman–Crippen MR) is 103 cm³/mol. The van der Waals surface area contributed by atoms with Crippen LogP contribution in [-0.2, 0) is 4.79 Å². The first-order valence-corrected chi connectivity index (χ1v) is 9.11. The van der Waals surface area contributed by atoms with Gasteiger partial charge in [0.2, 0.25) is 5.91 Å². The van der Waals surface area contributed by atoms with Gasteiger partial charge in [-0.2, -0.15) is 0 Å². The van der Waals surface area contributed by atoms with Crippen molar-refractivity contribution < 1.29 is 28.9 Å². The number of carboxylic acid groups (broad SMARTS) is 1. The molecule has 0 fully saturated rings. The Morgan fingerprint density at radius 3 is 2.37 bits per heavy atom. The van der Waals surface area contributed by atoms with Crippen LogP contribution in [0.1, 0.15) is 17.3 Å². The van der Waals surface area contributed by atoms with E-state index in [2.05, 4.69) is 5.32 Å². The Morgan fingerprint density at radius 1 is 1.11 bits per heavy atom. The van der Waals surface area contributed by atoms with Crippen molar-refractivity contribution in [1.82, 2.24) is 0 Å². The Labute approximate surface area is 161 Å². The highest BCUT2D eigenvalue weighted by molar-refractivity contribution is 8.00. The fourth-order valence-corrected chi connectivity index (χ4v) is 3.01. The van der Waals surface area contributed by atoms with Crippen LogP contribution in [0, 0.1) is 0 Å². The Morgan fingerprint density at radius 2 is 1.81 bits per heavy atom. The summed E-state index contributed by atoms with van der Waals surface area (Å²) < 4.78 is 15.8. The molecule has 0 aliphatic heterocycles. The molecule has 0 bridgehead atoms. The van der Waals surface area contributed by atoms with Crippen molar-refractivity contribution in [2.45, 2.75) is 11.8 Å². The zero-order valence-corrected chi connectivity index (χ0v) is 16.1. The number of anilines is 1. The molecule has 2 rings (SSSR count). The summed E-state index contributed by atoms with van der Waals surface area (Å²) in [6.07, 6.45) is 0. The van der Waals surface area contributed by atoms with Gasteiger partial charge in [-0.3, -0.25) is 4.79 Å². The van der Waals surface area contributed by atoms with Crippen molar-refractivity contribution in [2.24, 2.45) is 0 Å². The minimum Gasteiger partial charge on any atom is -0.494 e. The van der Waals surface area contributed by atoms with Gasteiger partial charge in [0, 0.05) is 4.90 Å². The van der Waals surface area contributed by atoms with E-state index in [0.29, 0.717) is 6.61 Å². The topological polar surface area (TPSA) is 94.1 Å². The molecule has 0 heterocycles. The Bertz CT molecular complexity index is 807. The number of nitrogens with one attached hydrogen (secondary N) is 1. The second-order valence-electron chi connectivity index (χ2n) is 5.31. The zero-order chi connectivity index (χ0) is 19.8. The highest BCUT2D eigenvalue weighted by atomic mass is 32.2. The van der Waals surface area contributed by atoms with Gasteiger partial charge in [0.1, 0.15) is 5.75 Å². The highest BCUT2D eigenvalue weighted by Gasteiger charge is 2.17. The molecule has 0 aliphatic rings. The highest BCUT2D eigenvalue weighted by Crippen LogP contribution is 2.36. The summed E-state index contributed by atoms with van der Waals surface area (Å²) in [5.41, 5.74) is 0.230. The monoisotopic (exact) mass is 391 g/mol. The Kier molecular flexibility index (Phi) is 7.36. The largest absolute Gasteiger partial charge is 0.494 e. The van der Waals surface area contributed by atoms with Crippen molar-refractivity contribution in [1.29, 1.82) is 0 Å². The summed E-state index contributed by atoms with van der Waals surface area (Å²) in [4.78, 5) is 24.5. The molecule has 27 heavy (non-hydrogen) atoms. The minimum absolute atomic E-state index is 0.0119. The lowest BCUT2D eigenvalue weighted by atomic mass is 10.1. The first-order chi connectivity index (χ1) is 13.0. The molecule has 2 N–H and O–H groups in total. The first kappa shape index (κ1) is 20.4.